The number of amides is 1. The Morgan fingerprint density at radius 2 is 2.21 bits per heavy atom. The fraction of sp³-hybridized carbons (Fsp3) is 0.300. The van der Waals surface area contributed by atoms with Crippen molar-refractivity contribution in [1.82, 2.24) is 9.97 Å². The van der Waals surface area contributed by atoms with Gasteiger partial charge < -0.3 is 15.8 Å². The van der Waals surface area contributed by atoms with Crippen molar-refractivity contribution < 1.29 is 13.9 Å². The molecule has 0 saturated carbocycles. The highest BCUT2D eigenvalue weighted by Crippen LogP contribution is 2.51. The van der Waals surface area contributed by atoms with Gasteiger partial charge in [-0.15, -0.1) is 0 Å². The number of benzene rings is 1. The van der Waals surface area contributed by atoms with E-state index in [1.165, 1.54) is 43.4 Å². The lowest BCUT2D eigenvalue weighted by molar-refractivity contribution is 0.102. The zero-order valence-electron chi connectivity index (χ0n) is 16.0. The van der Waals surface area contributed by atoms with Crippen LogP contribution in [-0.4, -0.2) is 28.2 Å². The van der Waals surface area contributed by atoms with Crippen LogP contribution < -0.4 is 15.8 Å². The number of nitrogens with one attached hydrogen (secondary N) is 1. The Bertz CT molecular complexity index is 1020. The van der Waals surface area contributed by atoms with Crippen molar-refractivity contribution in [1.29, 1.82) is 0 Å². The minimum atomic E-state index is -0.831. The number of halogens is 1. The molecule has 9 heteroatoms. The molecular formula is C20H20FN5O2S. The summed E-state index contributed by atoms with van der Waals surface area (Å²) < 4.78 is 19.8. The number of hydrogen-bond donors (Lipinski definition) is 2. The van der Waals surface area contributed by atoms with Gasteiger partial charge in [-0.2, -0.15) is 0 Å². The van der Waals surface area contributed by atoms with Crippen LogP contribution in [0.4, 0.5) is 10.1 Å². The number of thioether (sulfide) groups is 1. The van der Waals surface area contributed by atoms with Gasteiger partial charge in [0, 0.05) is 17.2 Å². The molecule has 0 radical (unpaired) electrons. The van der Waals surface area contributed by atoms with Crippen LogP contribution in [0.1, 0.15) is 35.8 Å². The summed E-state index contributed by atoms with van der Waals surface area (Å²) in [5, 5.41) is 3.16. The van der Waals surface area contributed by atoms with E-state index in [0.29, 0.717) is 22.3 Å². The summed E-state index contributed by atoms with van der Waals surface area (Å²) in [5.74, 6) is -0.465. The smallest absolute Gasteiger partial charge is 0.275 e. The fourth-order valence-corrected chi connectivity index (χ4v) is 4.94. The molecule has 1 aliphatic carbocycles. The largest absolute Gasteiger partial charge is 0.480 e. The molecule has 1 aliphatic heterocycles. The molecule has 3 N–H and O–H groups in total. The van der Waals surface area contributed by atoms with Crippen LogP contribution >= 0.6 is 11.8 Å². The van der Waals surface area contributed by atoms with E-state index in [0.717, 1.165) is 17.7 Å². The third-order valence-corrected chi connectivity index (χ3v) is 6.21. The fourth-order valence-electron chi connectivity index (χ4n) is 3.77. The highest BCUT2D eigenvalue weighted by molar-refractivity contribution is 8.17. The molecular weight excluding hydrogens is 393 g/mol. The van der Waals surface area contributed by atoms with Gasteiger partial charge in [0.2, 0.25) is 5.88 Å². The number of ether oxygens (including phenoxy) is 1. The maximum absolute atomic E-state index is 14.8. The zero-order chi connectivity index (χ0) is 20.6. The molecule has 0 spiro atoms. The van der Waals surface area contributed by atoms with Gasteiger partial charge in [0.15, 0.2) is 5.17 Å². The highest BCUT2D eigenvalue weighted by atomic mass is 32.2. The number of carbonyl (C=O) groups is 1. The molecule has 2 aromatic rings. The predicted molar refractivity (Wildman–Crippen MR) is 110 cm³/mol. The molecule has 1 unspecified atom stereocenters. The zero-order valence-corrected chi connectivity index (χ0v) is 16.8. The molecule has 1 aromatic carbocycles. The third-order valence-electron chi connectivity index (χ3n) is 5.23. The first-order valence-corrected chi connectivity index (χ1v) is 9.93. The molecule has 0 fully saturated rings. The maximum atomic E-state index is 14.8. The number of methoxy groups -OCH3 is 1. The van der Waals surface area contributed by atoms with Crippen molar-refractivity contribution in [2.75, 3.05) is 12.4 Å². The van der Waals surface area contributed by atoms with Crippen LogP contribution in [0.5, 0.6) is 5.88 Å². The van der Waals surface area contributed by atoms with E-state index in [4.69, 9.17) is 10.5 Å². The summed E-state index contributed by atoms with van der Waals surface area (Å²) in [6.07, 6.45) is 6.61. The number of aliphatic imine (C=N–C) groups is 1. The Hall–Kier alpha value is -2.94. The van der Waals surface area contributed by atoms with Crippen LogP contribution in [-0.2, 0) is 5.54 Å². The van der Waals surface area contributed by atoms with E-state index in [1.807, 2.05) is 6.92 Å². The average Bonchev–Trinajstić information content (AvgIpc) is 3.18. The van der Waals surface area contributed by atoms with Gasteiger partial charge in [0.05, 0.1) is 25.0 Å². The second-order valence-electron chi connectivity index (χ2n) is 7.03. The number of hydrogen-bond acceptors (Lipinski definition) is 7. The monoisotopic (exact) mass is 413 g/mol. The van der Waals surface area contributed by atoms with E-state index in [1.54, 1.807) is 6.07 Å². The Kier molecular flexibility index (Phi) is 4.99. The summed E-state index contributed by atoms with van der Waals surface area (Å²) in [5.41, 5.74) is 6.17. The van der Waals surface area contributed by atoms with Crippen molar-refractivity contribution in [2.45, 2.75) is 25.3 Å². The lowest BCUT2D eigenvalue weighted by atomic mass is 9.79. The minimum absolute atomic E-state index is 0.0627. The molecule has 150 valence electrons. The number of anilines is 1. The SMILES string of the molecule is COc1cnc(C(=O)Nc2ccc(F)c([C@@]3(C)N=C(N)SC4=CCCC43)c2)cn1. The Labute approximate surface area is 171 Å². The van der Waals surface area contributed by atoms with Gasteiger partial charge in [-0.25, -0.2) is 14.4 Å². The number of fused-ring (bicyclic) bond motifs is 1. The number of aromatic nitrogens is 2. The Morgan fingerprint density at radius 3 is 2.93 bits per heavy atom. The summed E-state index contributed by atoms with van der Waals surface area (Å²) in [7, 11) is 1.47. The molecule has 0 saturated heterocycles. The van der Waals surface area contributed by atoms with Gasteiger partial charge in [-0.05, 0) is 42.9 Å². The summed E-state index contributed by atoms with van der Waals surface area (Å²) in [6, 6.07) is 4.46. The molecule has 4 rings (SSSR count). The second kappa shape index (κ2) is 7.47. The van der Waals surface area contributed by atoms with Gasteiger partial charge in [0.1, 0.15) is 11.5 Å². The lowest BCUT2D eigenvalue weighted by Gasteiger charge is -2.37. The molecule has 1 amide bonds. The Balaban J connectivity index is 1.65. The van der Waals surface area contributed by atoms with Crippen LogP contribution in [0.3, 0.4) is 0 Å². The first-order valence-electron chi connectivity index (χ1n) is 9.11. The van der Waals surface area contributed by atoms with Crippen molar-refractivity contribution in [3.8, 4) is 5.88 Å². The van der Waals surface area contributed by atoms with Gasteiger partial charge in [0.25, 0.3) is 5.91 Å². The first kappa shape index (κ1) is 19.4. The average molecular weight is 413 g/mol. The normalized spacial score (nSPS) is 23.1. The van der Waals surface area contributed by atoms with Crippen molar-refractivity contribution in [3.05, 3.63) is 58.6 Å². The quantitative estimate of drug-likeness (QED) is 0.796. The maximum Gasteiger partial charge on any atom is 0.275 e. The van der Waals surface area contributed by atoms with Crippen LogP contribution in [0.2, 0.25) is 0 Å². The molecule has 1 aromatic heterocycles. The highest BCUT2D eigenvalue weighted by Gasteiger charge is 2.44. The van der Waals surface area contributed by atoms with Crippen molar-refractivity contribution in [2.24, 2.45) is 16.6 Å². The number of allylic oxidation sites excluding steroid dienone is 1. The van der Waals surface area contributed by atoms with Crippen LogP contribution in [0.15, 0.2) is 46.6 Å². The standard InChI is InChI=1S/C20H20FN5O2S/c1-20(12-4-3-5-16(12)29-19(22)26-20)13-8-11(6-7-14(13)21)25-18(27)15-9-24-17(28-2)10-23-15/h5-10,12H,3-4H2,1-2H3,(H2,22,26)(H,25,27)/t12?,20-/m0/s1. The van der Waals surface area contributed by atoms with Crippen molar-refractivity contribution >= 4 is 28.5 Å². The first-order chi connectivity index (χ1) is 13.9. The van der Waals surface area contributed by atoms with E-state index in [-0.39, 0.29) is 17.4 Å². The van der Waals surface area contributed by atoms with E-state index < -0.39 is 11.4 Å². The van der Waals surface area contributed by atoms with Gasteiger partial charge in [-0.1, -0.05) is 17.8 Å². The Morgan fingerprint density at radius 1 is 1.38 bits per heavy atom. The number of nitrogens with two attached hydrogens (primary N) is 1. The molecule has 29 heavy (non-hydrogen) atoms. The van der Waals surface area contributed by atoms with Crippen molar-refractivity contribution in [3.63, 3.8) is 0 Å². The lowest BCUT2D eigenvalue weighted by Crippen LogP contribution is -2.36. The van der Waals surface area contributed by atoms with Crippen LogP contribution in [0.25, 0.3) is 0 Å². The molecule has 7 nitrogen and oxygen atoms in total. The minimum Gasteiger partial charge on any atom is -0.480 e. The summed E-state index contributed by atoms with van der Waals surface area (Å²) in [4.78, 5) is 26.2. The molecule has 2 aliphatic rings. The van der Waals surface area contributed by atoms with Gasteiger partial charge in [-0.3, -0.25) is 9.79 Å². The molecule has 2 heterocycles. The molecule has 2 atom stereocenters. The second-order valence-corrected chi connectivity index (χ2v) is 8.12. The van der Waals surface area contributed by atoms with Gasteiger partial charge >= 0.3 is 0 Å². The number of amidine groups is 1. The number of carbonyl (C=O) groups excluding carboxylic acids is 1. The summed E-state index contributed by atoms with van der Waals surface area (Å²) in [6.45, 7) is 1.89. The topological polar surface area (TPSA) is 102 Å². The van der Waals surface area contributed by atoms with E-state index in [9.17, 15) is 9.18 Å². The molecule has 0 bridgehead atoms. The van der Waals surface area contributed by atoms with Crippen LogP contribution in [0, 0.1) is 11.7 Å². The van der Waals surface area contributed by atoms with E-state index in [2.05, 4.69) is 26.4 Å². The van der Waals surface area contributed by atoms with E-state index >= 15 is 0 Å². The summed E-state index contributed by atoms with van der Waals surface area (Å²) >= 11 is 1.45. The number of nitrogens with zero attached hydrogens (tertiary/aromatic N) is 3. The predicted octanol–water partition coefficient (Wildman–Crippen LogP) is 3.45. The number of rotatable bonds is 4. The third kappa shape index (κ3) is 3.57.